The third-order valence-electron chi connectivity index (χ3n) is 3.37. The van der Waals surface area contributed by atoms with Crippen molar-refractivity contribution in [1.29, 1.82) is 0 Å². The van der Waals surface area contributed by atoms with E-state index in [1.54, 1.807) is 13.0 Å². The highest BCUT2D eigenvalue weighted by Gasteiger charge is 2.31. The number of halogens is 3. The molecule has 1 amide bonds. The standard InChI is InChI=1S/C15H21F3N2O/c1-3-13(14(21)20-9-10(2)8-19)11-5-4-6-12(7-11)15(16,17)18/h4-7,10,13H,3,8-9,19H2,1-2H3,(H,20,21). The Hall–Kier alpha value is -1.56. The second-order valence-electron chi connectivity index (χ2n) is 5.17. The average Bonchev–Trinajstić information content (AvgIpc) is 2.45. The van der Waals surface area contributed by atoms with Crippen LogP contribution in [0.3, 0.4) is 0 Å². The highest BCUT2D eigenvalue weighted by Crippen LogP contribution is 2.31. The van der Waals surface area contributed by atoms with Gasteiger partial charge in [-0.25, -0.2) is 0 Å². The number of carbonyl (C=O) groups excluding carboxylic acids is 1. The van der Waals surface area contributed by atoms with Crippen LogP contribution in [0.2, 0.25) is 0 Å². The maximum Gasteiger partial charge on any atom is 0.416 e. The zero-order chi connectivity index (χ0) is 16.0. The fraction of sp³-hybridized carbons (Fsp3) is 0.533. The van der Waals surface area contributed by atoms with Crippen molar-refractivity contribution < 1.29 is 18.0 Å². The number of hydrogen-bond acceptors (Lipinski definition) is 2. The Labute approximate surface area is 122 Å². The molecule has 0 aliphatic carbocycles. The summed E-state index contributed by atoms with van der Waals surface area (Å²) in [7, 11) is 0. The molecule has 0 aliphatic heterocycles. The van der Waals surface area contributed by atoms with E-state index >= 15 is 0 Å². The molecule has 0 aromatic heterocycles. The summed E-state index contributed by atoms with van der Waals surface area (Å²) in [4.78, 5) is 12.1. The molecule has 2 atom stereocenters. The van der Waals surface area contributed by atoms with E-state index in [-0.39, 0.29) is 11.8 Å². The summed E-state index contributed by atoms with van der Waals surface area (Å²) in [6, 6.07) is 4.93. The van der Waals surface area contributed by atoms with Crippen molar-refractivity contribution >= 4 is 5.91 Å². The van der Waals surface area contributed by atoms with Crippen molar-refractivity contribution in [3.63, 3.8) is 0 Å². The Morgan fingerprint density at radius 1 is 1.38 bits per heavy atom. The Morgan fingerprint density at radius 2 is 2.05 bits per heavy atom. The summed E-state index contributed by atoms with van der Waals surface area (Å²) in [6.07, 6.45) is -3.97. The number of rotatable bonds is 6. The minimum absolute atomic E-state index is 0.132. The van der Waals surface area contributed by atoms with Gasteiger partial charge in [0.2, 0.25) is 5.91 Å². The van der Waals surface area contributed by atoms with E-state index in [9.17, 15) is 18.0 Å². The first kappa shape index (κ1) is 17.5. The molecule has 6 heteroatoms. The van der Waals surface area contributed by atoms with Gasteiger partial charge in [0.15, 0.2) is 0 Å². The lowest BCUT2D eigenvalue weighted by Crippen LogP contribution is -2.34. The third-order valence-corrected chi connectivity index (χ3v) is 3.37. The van der Waals surface area contributed by atoms with Gasteiger partial charge >= 0.3 is 6.18 Å². The van der Waals surface area contributed by atoms with E-state index < -0.39 is 17.7 Å². The molecule has 0 fully saturated rings. The van der Waals surface area contributed by atoms with Crippen LogP contribution in [-0.4, -0.2) is 19.0 Å². The zero-order valence-electron chi connectivity index (χ0n) is 12.2. The number of hydrogen-bond donors (Lipinski definition) is 2. The minimum Gasteiger partial charge on any atom is -0.355 e. The van der Waals surface area contributed by atoms with Gasteiger partial charge in [-0.1, -0.05) is 32.0 Å². The summed E-state index contributed by atoms with van der Waals surface area (Å²) in [5.74, 6) is -0.720. The predicted molar refractivity (Wildman–Crippen MR) is 75.7 cm³/mol. The largest absolute Gasteiger partial charge is 0.416 e. The summed E-state index contributed by atoms with van der Waals surface area (Å²) in [5.41, 5.74) is 5.11. The molecule has 1 aromatic carbocycles. The van der Waals surface area contributed by atoms with Crippen molar-refractivity contribution in [3.8, 4) is 0 Å². The molecule has 21 heavy (non-hydrogen) atoms. The summed E-state index contributed by atoms with van der Waals surface area (Å²) in [6.45, 7) is 4.54. The molecular weight excluding hydrogens is 281 g/mol. The van der Waals surface area contributed by atoms with Crippen LogP contribution in [0, 0.1) is 5.92 Å². The highest BCUT2D eigenvalue weighted by molar-refractivity contribution is 5.83. The first-order valence-electron chi connectivity index (χ1n) is 6.94. The van der Waals surface area contributed by atoms with Gasteiger partial charge in [-0.05, 0) is 30.5 Å². The van der Waals surface area contributed by atoms with Crippen molar-refractivity contribution in [3.05, 3.63) is 35.4 Å². The molecule has 0 bridgehead atoms. The first-order valence-corrected chi connectivity index (χ1v) is 6.94. The molecule has 1 aromatic rings. The van der Waals surface area contributed by atoms with E-state index in [1.807, 2.05) is 6.92 Å². The number of amides is 1. The molecule has 118 valence electrons. The topological polar surface area (TPSA) is 55.1 Å². The minimum atomic E-state index is -4.40. The SMILES string of the molecule is CCC(C(=O)NCC(C)CN)c1cccc(C(F)(F)F)c1. The first-order chi connectivity index (χ1) is 9.79. The fourth-order valence-electron chi connectivity index (χ4n) is 1.99. The molecule has 0 saturated heterocycles. The quantitative estimate of drug-likeness (QED) is 0.849. The average molecular weight is 302 g/mol. The van der Waals surface area contributed by atoms with E-state index in [4.69, 9.17) is 5.73 Å². The Kier molecular flexibility index (Phi) is 6.20. The number of carbonyl (C=O) groups is 1. The third kappa shape index (κ3) is 5.04. The van der Waals surface area contributed by atoms with E-state index in [0.717, 1.165) is 12.1 Å². The van der Waals surface area contributed by atoms with Crippen molar-refractivity contribution in [1.82, 2.24) is 5.32 Å². The van der Waals surface area contributed by atoms with Gasteiger partial charge in [0.25, 0.3) is 0 Å². The van der Waals surface area contributed by atoms with Crippen LogP contribution in [0.25, 0.3) is 0 Å². The van der Waals surface area contributed by atoms with Gasteiger partial charge in [-0.2, -0.15) is 13.2 Å². The van der Waals surface area contributed by atoms with Crippen molar-refractivity contribution in [2.45, 2.75) is 32.4 Å². The van der Waals surface area contributed by atoms with Gasteiger partial charge in [-0.3, -0.25) is 4.79 Å². The molecule has 0 heterocycles. The molecule has 0 radical (unpaired) electrons. The monoisotopic (exact) mass is 302 g/mol. The lowest BCUT2D eigenvalue weighted by atomic mass is 9.93. The number of nitrogens with one attached hydrogen (secondary N) is 1. The van der Waals surface area contributed by atoms with Gasteiger partial charge < -0.3 is 11.1 Å². The van der Waals surface area contributed by atoms with Crippen LogP contribution in [-0.2, 0) is 11.0 Å². The van der Waals surface area contributed by atoms with Crippen LogP contribution in [0.4, 0.5) is 13.2 Å². The molecule has 2 unspecified atom stereocenters. The molecule has 0 saturated carbocycles. The predicted octanol–water partition coefficient (Wildman–Crippen LogP) is 2.91. The van der Waals surface area contributed by atoms with Crippen LogP contribution in [0.1, 0.15) is 37.3 Å². The molecule has 3 nitrogen and oxygen atoms in total. The van der Waals surface area contributed by atoms with Gasteiger partial charge in [-0.15, -0.1) is 0 Å². The Morgan fingerprint density at radius 3 is 2.57 bits per heavy atom. The lowest BCUT2D eigenvalue weighted by Gasteiger charge is -2.18. The molecule has 3 N–H and O–H groups in total. The molecule has 0 spiro atoms. The smallest absolute Gasteiger partial charge is 0.355 e. The molecule has 1 rings (SSSR count). The number of benzene rings is 1. The second kappa shape index (κ2) is 7.45. The Bertz CT molecular complexity index is 474. The maximum atomic E-state index is 12.7. The van der Waals surface area contributed by atoms with Crippen molar-refractivity contribution in [2.75, 3.05) is 13.1 Å². The second-order valence-corrected chi connectivity index (χ2v) is 5.17. The fourth-order valence-corrected chi connectivity index (χ4v) is 1.99. The van der Waals surface area contributed by atoms with Gasteiger partial charge in [0, 0.05) is 6.54 Å². The van der Waals surface area contributed by atoms with E-state index in [2.05, 4.69) is 5.32 Å². The molecular formula is C15H21F3N2O. The summed E-state index contributed by atoms with van der Waals surface area (Å²) in [5, 5.41) is 2.74. The normalized spacial score (nSPS) is 14.6. The zero-order valence-corrected chi connectivity index (χ0v) is 12.2. The van der Waals surface area contributed by atoms with Crippen LogP contribution in [0.5, 0.6) is 0 Å². The summed E-state index contributed by atoms with van der Waals surface area (Å²) >= 11 is 0. The van der Waals surface area contributed by atoms with Crippen molar-refractivity contribution in [2.24, 2.45) is 11.7 Å². The van der Waals surface area contributed by atoms with Gasteiger partial charge in [0.1, 0.15) is 0 Å². The number of alkyl halides is 3. The van der Waals surface area contributed by atoms with E-state index in [1.165, 1.54) is 6.07 Å². The van der Waals surface area contributed by atoms with Gasteiger partial charge in [0.05, 0.1) is 11.5 Å². The number of nitrogens with two attached hydrogens (primary N) is 1. The van der Waals surface area contributed by atoms with Crippen LogP contribution >= 0.6 is 0 Å². The maximum absolute atomic E-state index is 12.7. The Balaban J connectivity index is 2.87. The summed E-state index contributed by atoms with van der Waals surface area (Å²) < 4.78 is 38.2. The molecule has 0 aliphatic rings. The highest BCUT2D eigenvalue weighted by atomic mass is 19.4. The van der Waals surface area contributed by atoms with Crippen LogP contribution in [0.15, 0.2) is 24.3 Å². The van der Waals surface area contributed by atoms with E-state index in [0.29, 0.717) is 25.1 Å². The lowest BCUT2D eigenvalue weighted by molar-refractivity contribution is -0.137. The van der Waals surface area contributed by atoms with Crippen LogP contribution < -0.4 is 11.1 Å².